The molecule has 4 nitrogen and oxygen atoms in total. The molecule has 0 saturated heterocycles. The Balaban J connectivity index is 2.21. The Morgan fingerprint density at radius 2 is 1.04 bits per heavy atom. The largest absolute Gasteiger partial charge is 0.505 e. The van der Waals surface area contributed by atoms with E-state index in [1.807, 2.05) is 0 Å². The van der Waals surface area contributed by atoms with Crippen molar-refractivity contribution >= 4 is 32.9 Å². The minimum Gasteiger partial charge on any atom is -0.505 e. The molecule has 0 spiro atoms. The van der Waals surface area contributed by atoms with E-state index >= 15 is 0 Å². The SMILES string of the molecule is C#Cc1ccc2c(-c3c(O)c(N)cc4cc(C#C)ccc34)c(O)c(N)cc2c1. The number of benzene rings is 4. The average molecular weight is 364 g/mol. The zero-order valence-corrected chi connectivity index (χ0v) is 14.8. The number of rotatable bonds is 1. The van der Waals surface area contributed by atoms with Gasteiger partial charge in [0.1, 0.15) is 11.5 Å². The molecule has 0 amide bonds. The van der Waals surface area contributed by atoms with E-state index in [1.54, 1.807) is 48.5 Å². The minimum atomic E-state index is -0.135. The van der Waals surface area contributed by atoms with Crippen LogP contribution in [-0.2, 0) is 0 Å². The van der Waals surface area contributed by atoms with E-state index in [2.05, 4.69) is 11.8 Å². The first-order valence-electron chi connectivity index (χ1n) is 8.48. The summed E-state index contributed by atoms with van der Waals surface area (Å²) < 4.78 is 0. The molecule has 0 aliphatic rings. The molecule has 28 heavy (non-hydrogen) atoms. The molecule has 4 aromatic rings. The van der Waals surface area contributed by atoms with Gasteiger partial charge in [0, 0.05) is 22.3 Å². The van der Waals surface area contributed by atoms with Crippen molar-refractivity contribution in [2.24, 2.45) is 0 Å². The Morgan fingerprint density at radius 1 is 0.643 bits per heavy atom. The van der Waals surface area contributed by atoms with E-state index in [-0.39, 0.29) is 22.9 Å². The Hall–Kier alpha value is -4.28. The Bertz CT molecular complexity index is 1260. The minimum absolute atomic E-state index is 0.135. The number of hydrogen-bond donors (Lipinski definition) is 4. The quantitative estimate of drug-likeness (QED) is 0.231. The van der Waals surface area contributed by atoms with Crippen molar-refractivity contribution in [3.05, 3.63) is 59.7 Å². The summed E-state index contributed by atoms with van der Waals surface area (Å²) in [4.78, 5) is 0. The summed E-state index contributed by atoms with van der Waals surface area (Å²) in [6, 6.07) is 14.0. The van der Waals surface area contributed by atoms with Crippen LogP contribution < -0.4 is 11.5 Å². The molecule has 0 saturated carbocycles. The van der Waals surface area contributed by atoms with Crippen molar-refractivity contribution in [3.8, 4) is 47.3 Å². The third-order valence-electron chi connectivity index (χ3n) is 4.87. The standard InChI is InChI=1S/C24H16N2O2/c1-3-13-5-7-17-15(9-13)11-19(25)23(27)21(17)22-18-8-6-14(4-2)10-16(18)12-20(26)24(22)28/h1-2,5-12,27-28H,25-26H2. The van der Waals surface area contributed by atoms with Crippen molar-refractivity contribution in [3.63, 3.8) is 0 Å². The Labute approximate surface area is 162 Å². The van der Waals surface area contributed by atoms with Gasteiger partial charge in [-0.3, -0.25) is 0 Å². The number of anilines is 2. The molecular formula is C24H16N2O2. The molecule has 0 aromatic heterocycles. The van der Waals surface area contributed by atoms with E-state index in [4.69, 9.17) is 24.3 Å². The average Bonchev–Trinajstić information content (AvgIpc) is 2.70. The second-order valence-corrected chi connectivity index (χ2v) is 6.54. The number of aromatic hydroxyl groups is 2. The normalized spacial score (nSPS) is 10.6. The third-order valence-corrected chi connectivity index (χ3v) is 4.87. The van der Waals surface area contributed by atoms with Gasteiger partial charge < -0.3 is 21.7 Å². The number of phenols is 2. The first-order chi connectivity index (χ1) is 13.4. The van der Waals surface area contributed by atoms with E-state index in [0.29, 0.717) is 33.0 Å². The summed E-state index contributed by atoms with van der Waals surface area (Å²) >= 11 is 0. The number of phenolic OH excluding ortho intramolecular Hbond substituents is 2. The molecule has 0 radical (unpaired) electrons. The smallest absolute Gasteiger partial charge is 0.147 e. The molecule has 134 valence electrons. The van der Waals surface area contributed by atoms with Crippen molar-refractivity contribution in [1.82, 2.24) is 0 Å². The van der Waals surface area contributed by atoms with Gasteiger partial charge in [0.05, 0.1) is 11.4 Å². The topological polar surface area (TPSA) is 92.5 Å². The molecule has 0 bridgehead atoms. The summed E-state index contributed by atoms with van der Waals surface area (Å²) in [6.07, 6.45) is 11.0. The second-order valence-electron chi connectivity index (χ2n) is 6.54. The highest BCUT2D eigenvalue weighted by molar-refractivity contribution is 6.13. The van der Waals surface area contributed by atoms with Crippen LogP contribution in [0.2, 0.25) is 0 Å². The van der Waals surface area contributed by atoms with Gasteiger partial charge >= 0.3 is 0 Å². The number of terminal acetylenes is 2. The lowest BCUT2D eigenvalue weighted by atomic mass is 9.90. The van der Waals surface area contributed by atoms with Crippen LogP contribution in [0.1, 0.15) is 11.1 Å². The first kappa shape index (κ1) is 17.1. The van der Waals surface area contributed by atoms with Gasteiger partial charge in [0.15, 0.2) is 0 Å². The van der Waals surface area contributed by atoms with E-state index < -0.39 is 0 Å². The van der Waals surface area contributed by atoms with E-state index in [1.165, 1.54) is 0 Å². The zero-order valence-electron chi connectivity index (χ0n) is 14.8. The van der Waals surface area contributed by atoms with Crippen LogP contribution in [0.25, 0.3) is 32.7 Å². The van der Waals surface area contributed by atoms with Gasteiger partial charge in [-0.05, 0) is 57.9 Å². The lowest BCUT2D eigenvalue weighted by Crippen LogP contribution is -1.95. The molecule has 6 N–H and O–H groups in total. The van der Waals surface area contributed by atoms with Crippen LogP contribution in [0.3, 0.4) is 0 Å². The first-order valence-corrected chi connectivity index (χ1v) is 8.48. The van der Waals surface area contributed by atoms with Gasteiger partial charge in [-0.1, -0.05) is 24.0 Å². The van der Waals surface area contributed by atoms with Crippen LogP contribution >= 0.6 is 0 Å². The highest BCUT2D eigenvalue weighted by Gasteiger charge is 2.21. The maximum absolute atomic E-state index is 10.8. The molecule has 0 heterocycles. The van der Waals surface area contributed by atoms with Crippen molar-refractivity contribution in [2.75, 3.05) is 11.5 Å². The zero-order chi connectivity index (χ0) is 20.0. The van der Waals surface area contributed by atoms with Crippen LogP contribution in [0, 0.1) is 24.7 Å². The summed E-state index contributed by atoms with van der Waals surface area (Å²) in [7, 11) is 0. The fourth-order valence-corrected chi connectivity index (χ4v) is 3.52. The summed E-state index contributed by atoms with van der Waals surface area (Å²) in [5.74, 6) is 4.90. The van der Waals surface area contributed by atoms with Gasteiger partial charge in [0.25, 0.3) is 0 Å². The second kappa shape index (κ2) is 6.16. The molecule has 0 aliphatic carbocycles. The monoisotopic (exact) mass is 364 g/mol. The molecule has 4 heteroatoms. The molecule has 0 atom stereocenters. The Kier molecular flexibility index (Phi) is 3.77. The third kappa shape index (κ3) is 2.45. The molecule has 0 fully saturated rings. The summed E-state index contributed by atoms with van der Waals surface area (Å²) in [6.45, 7) is 0. The van der Waals surface area contributed by atoms with Crippen molar-refractivity contribution in [2.45, 2.75) is 0 Å². The highest BCUT2D eigenvalue weighted by Crippen LogP contribution is 2.49. The van der Waals surface area contributed by atoms with Crippen LogP contribution in [-0.4, -0.2) is 10.2 Å². The van der Waals surface area contributed by atoms with Gasteiger partial charge in [-0.15, -0.1) is 12.8 Å². The maximum atomic E-state index is 10.8. The lowest BCUT2D eigenvalue weighted by Gasteiger charge is -2.17. The number of hydrogen-bond acceptors (Lipinski definition) is 4. The Morgan fingerprint density at radius 3 is 1.39 bits per heavy atom. The number of nitrogens with two attached hydrogens (primary N) is 2. The van der Waals surface area contributed by atoms with Crippen LogP contribution in [0.5, 0.6) is 11.5 Å². The molecule has 0 aliphatic heterocycles. The number of nitrogen functional groups attached to an aromatic ring is 2. The fourth-order valence-electron chi connectivity index (χ4n) is 3.52. The molecule has 0 unspecified atom stereocenters. The summed E-state index contributed by atoms with van der Waals surface area (Å²) in [5, 5.41) is 24.5. The molecule has 4 aromatic carbocycles. The van der Waals surface area contributed by atoms with Crippen LogP contribution in [0.15, 0.2) is 48.5 Å². The summed E-state index contributed by atoms with van der Waals surface area (Å²) in [5.41, 5.74) is 14.6. The maximum Gasteiger partial charge on any atom is 0.147 e. The van der Waals surface area contributed by atoms with Gasteiger partial charge in [-0.2, -0.15) is 0 Å². The lowest BCUT2D eigenvalue weighted by molar-refractivity contribution is 0.473. The predicted molar refractivity (Wildman–Crippen MR) is 115 cm³/mol. The van der Waals surface area contributed by atoms with E-state index in [9.17, 15) is 10.2 Å². The highest BCUT2D eigenvalue weighted by atomic mass is 16.3. The van der Waals surface area contributed by atoms with Gasteiger partial charge in [0.2, 0.25) is 0 Å². The number of fused-ring (bicyclic) bond motifs is 2. The van der Waals surface area contributed by atoms with Gasteiger partial charge in [-0.25, -0.2) is 0 Å². The van der Waals surface area contributed by atoms with E-state index in [0.717, 1.165) is 10.8 Å². The molecule has 4 rings (SSSR count). The predicted octanol–water partition coefficient (Wildman–Crippen LogP) is 4.20. The van der Waals surface area contributed by atoms with Crippen molar-refractivity contribution in [1.29, 1.82) is 0 Å². The van der Waals surface area contributed by atoms with Crippen LogP contribution in [0.4, 0.5) is 11.4 Å². The molecular weight excluding hydrogens is 348 g/mol. The fraction of sp³-hybridized carbons (Fsp3) is 0. The van der Waals surface area contributed by atoms with Crippen molar-refractivity contribution < 1.29 is 10.2 Å².